The fourth-order valence-corrected chi connectivity index (χ4v) is 2.63. The minimum atomic E-state index is 0.591. The summed E-state index contributed by atoms with van der Waals surface area (Å²) in [6.07, 6.45) is 0.840. The Morgan fingerprint density at radius 3 is 2.76 bits per heavy atom. The van der Waals surface area contributed by atoms with Crippen molar-refractivity contribution < 1.29 is 0 Å². The van der Waals surface area contributed by atoms with Gasteiger partial charge in [-0.25, -0.2) is 4.98 Å². The Labute approximate surface area is 133 Å². The zero-order valence-electron chi connectivity index (χ0n) is 11.4. The Kier molecular flexibility index (Phi) is 4.44. The van der Waals surface area contributed by atoms with Crippen LogP contribution >= 0.6 is 23.2 Å². The molecule has 5 heteroatoms. The molecule has 0 aliphatic carbocycles. The van der Waals surface area contributed by atoms with E-state index in [0.717, 1.165) is 35.4 Å². The molecule has 3 rings (SSSR count). The largest absolute Gasteiger partial charge is 0.342 e. The molecule has 0 aliphatic rings. The molecule has 0 saturated carbocycles. The van der Waals surface area contributed by atoms with Crippen molar-refractivity contribution in [2.45, 2.75) is 13.0 Å². The quantitative estimate of drug-likeness (QED) is 0.692. The maximum Gasteiger partial charge on any atom is 0.108 e. The van der Waals surface area contributed by atoms with Crippen molar-refractivity contribution in [1.82, 2.24) is 15.3 Å². The molecule has 2 aromatic carbocycles. The summed E-state index contributed by atoms with van der Waals surface area (Å²) in [6, 6.07) is 13.7. The monoisotopic (exact) mass is 319 g/mol. The molecule has 0 aliphatic heterocycles. The zero-order valence-corrected chi connectivity index (χ0v) is 12.9. The lowest BCUT2D eigenvalue weighted by molar-refractivity contribution is 0.675. The highest BCUT2D eigenvalue weighted by Gasteiger charge is 2.04. The first-order chi connectivity index (χ1) is 10.2. The highest BCUT2D eigenvalue weighted by molar-refractivity contribution is 6.42. The van der Waals surface area contributed by atoms with Crippen LogP contribution in [-0.2, 0) is 13.0 Å². The number of hydrogen-bond donors (Lipinski definition) is 2. The number of aromatic nitrogens is 2. The number of nitrogens with one attached hydrogen (secondary N) is 2. The topological polar surface area (TPSA) is 40.7 Å². The molecule has 0 bridgehead atoms. The van der Waals surface area contributed by atoms with Crippen LogP contribution in [0.4, 0.5) is 0 Å². The van der Waals surface area contributed by atoms with E-state index in [9.17, 15) is 0 Å². The van der Waals surface area contributed by atoms with E-state index in [2.05, 4.69) is 15.3 Å². The van der Waals surface area contributed by atoms with Crippen LogP contribution in [0.3, 0.4) is 0 Å². The molecule has 1 heterocycles. The highest BCUT2D eigenvalue weighted by atomic mass is 35.5. The van der Waals surface area contributed by atoms with Crippen molar-refractivity contribution in [2.75, 3.05) is 6.54 Å². The number of fused-ring (bicyclic) bond motifs is 1. The lowest BCUT2D eigenvalue weighted by atomic mass is 10.2. The molecule has 0 amide bonds. The summed E-state index contributed by atoms with van der Waals surface area (Å²) in [6.45, 7) is 1.52. The molecule has 3 aromatic rings. The number of halogens is 2. The number of nitrogens with zero attached hydrogens (tertiary/aromatic N) is 1. The molecular formula is C16H15Cl2N3. The number of H-pyrrole nitrogens is 1. The highest BCUT2D eigenvalue weighted by Crippen LogP contribution is 2.25. The SMILES string of the molecule is Clc1cccc(CNCCc2nc3ccccc3[nH]2)c1Cl. The van der Waals surface area contributed by atoms with Gasteiger partial charge in [-0.05, 0) is 23.8 Å². The number of benzene rings is 2. The summed E-state index contributed by atoms with van der Waals surface area (Å²) in [4.78, 5) is 7.86. The summed E-state index contributed by atoms with van der Waals surface area (Å²) >= 11 is 12.1. The third kappa shape index (κ3) is 3.38. The molecule has 0 spiro atoms. The first-order valence-corrected chi connectivity index (χ1v) is 7.57. The van der Waals surface area contributed by atoms with E-state index in [1.807, 2.05) is 36.4 Å². The van der Waals surface area contributed by atoms with Gasteiger partial charge in [-0.3, -0.25) is 0 Å². The van der Waals surface area contributed by atoms with Gasteiger partial charge in [0.2, 0.25) is 0 Å². The van der Waals surface area contributed by atoms with Gasteiger partial charge in [0.05, 0.1) is 21.1 Å². The second-order valence-corrected chi connectivity index (χ2v) is 5.63. The standard InChI is InChI=1S/C16H15Cl2N3/c17-12-5-3-4-11(16(12)18)10-19-9-8-15-20-13-6-1-2-7-14(13)21-15/h1-7,19H,8-10H2,(H,20,21). The number of imidazole rings is 1. The first-order valence-electron chi connectivity index (χ1n) is 6.81. The average molecular weight is 320 g/mol. The third-order valence-corrected chi connectivity index (χ3v) is 4.18. The average Bonchev–Trinajstić information content (AvgIpc) is 2.90. The number of para-hydroxylation sites is 2. The Morgan fingerprint density at radius 2 is 1.90 bits per heavy atom. The summed E-state index contributed by atoms with van der Waals surface area (Å²) in [5.41, 5.74) is 3.09. The van der Waals surface area contributed by atoms with E-state index in [-0.39, 0.29) is 0 Å². The van der Waals surface area contributed by atoms with E-state index in [0.29, 0.717) is 16.6 Å². The first kappa shape index (κ1) is 14.4. The predicted octanol–water partition coefficient (Wildman–Crippen LogP) is 4.20. The van der Waals surface area contributed by atoms with Crippen LogP contribution < -0.4 is 5.32 Å². The van der Waals surface area contributed by atoms with Gasteiger partial charge in [-0.1, -0.05) is 47.5 Å². The maximum atomic E-state index is 6.15. The number of hydrogen-bond acceptors (Lipinski definition) is 2. The second kappa shape index (κ2) is 6.48. The summed E-state index contributed by atoms with van der Waals surface area (Å²) in [5, 5.41) is 4.57. The summed E-state index contributed by atoms with van der Waals surface area (Å²) < 4.78 is 0. The van der Waals surface area contributed by atoms with Crippen LogP contribution in [0, 0.1) is 0 Å². The van der Waals surface area contributed by atoms with Crippen molar-refractivity contribution in [2.24, 2.45) is 0 Å². The Bertz CT molecular complexity index is 719. The van der Waals surface area contributed by atoms with Crippen LogP contribution in [0.5, 0.6) is 0 Å². The van der Waals surface area contributed by atoms with Crippen molar-refractivity contribution in [3.63, 3.8) is 0 Å². The summed E-state index contributed by atoms with van der Waals surface area (Å²) in [7, 11) is 0. The van der Waals surface area contributed by atoms with Crippen molar-refractivity contribution in [3.05, 3.63) is 63.9 Å². The van der Waals surface area contributed by atoms with Gasteiger partial charge >= 0.3 is 0 Å². The lowest BCUT2D eigenvalue weighted by Crippen LogP contribution is -2.17. The van der Waals surface area contributed by atoms with Gasteiger partial charge < -0.3 is 10.3 Å². The molecule has 0 fully saturated rings. The van der Waals surface area contributed by atoms with E-state index in [1.54, 1.807) is 6.07 Å². The van der Waals surface area contributed by atoms with Crippen LogP contribution in [-0.4, -0.2) is 16.5 Å². The normalized spacial score (nSPS) is 11.1. The molecule has 108 valence electrons. The molecule has 0 saturated heterocycles. The molecule has 0 unspecified atom stereocenters. The van der Waals surface area contributed by atoms with E-state index in [4.69, 9.17) is 23.2 Å². The van der Waals surface area contributed by atoms with Gasteiger partial charge in [0.25, 0.3) is 0 Å². The fourth-order valence-electron chi connectivity index (χ4n) is 2.24. The maximum absolute atomic E-state index is 6.15. The lowest BCUT2D eigenvalue weighted by Gasteiger charge is -2.07. The van der Waals surface area contributed by atoms with Crippen LogP contribution in [0.25, 0.3) is 11.0 Å². The second-order valence-electron chi connectivity index (χ2n) is 4.84. The summed E-state index contributed by atoms with van der Waals surface area (Å²) in [5.74, 6) is 0.987. The van der Waals surface area contributed by atoms with Gasteiger partial charge in [0.1, 0.15) is 5.82 Å². The smallest absolute Gasteiger partial charge is 0.108 e. The molecule has 3 nitrogen and oxygen atoms in total. The van der Waals surface area contributed by atoms with Crippen molar-refractivity contribution >= 4 is 34.2 Å². The molecule has 2 N–H and O–H groups in total. The minimum Gasteiger partial charge on any atom is -0.342 e. The van der Waals surface area contributed by atoms with E-state index >= 15 is 0 Å². The third-order valence-electron chi connectivity index (χ3n) is 3.32. The minimum absolute atomic E-state index is 0.591. The number of rotatable bonds is 5. The van der Waals surface area contributed by atoms with Gasteiger partial charge in [-0.15, -0.1) is 0 Å². The molecule has 1 aromatic heterocycles. The van der Waals surface area contributed by atoms with Crippen molar-refractivity contribution in [1.29, 1.82) is 0 Å². The molecule has 0 atom stereocenters. The predicted molar refractivity (Wildman–Crippen MR) is 88.0 cm³/mol. The fraction of sp³-hybridized carbons (Fsp3) is 0.188. The Hall–Kier alpha value is -1.55. The molecule has 21 heavy (non-hydrogen) atoms. The van der Waals surface area contributed by atoms with Gasteiger partial charge in [0, 0.05) is 19.5 Å². The molecular weight excluding hydrogens is 305 g/mol. The number of aromatic amines is 1. The van der Waals surface area contributed by atoms with E-state index in [1.165, 1.54) is 0 Å². The van der Waals surface area contributed by atoms with Crippen LogP contribution in [0.2, 0.25) is 10.0 Å². The van der Waals surface area contributed by atoms with Crippen LogP contribution in [0.15, 0.2) is 42.5 Å². The zero-order chi connectivity index (χ0) is 14.7. The van der Waals surface area contributed by atoms with Crippen LogP contribution in [0.1, 0.15) is 11.4 Å². The Balaban J connectivity index is 1.55. The molecule has 0 radical (unpaired) electrons. The van der Waals surface area contributed by atoms with Gasteiger partial charge in [-0.2, -0.15) is 0 Å². The van der Waals surface area contributed by atoms with E-state index < -0.39 is 0 Å². The van der Waals surface area contributed by atoms with Crippen molar-refractivity contribution in [3.8, 4) is 0 Å². The Morgan fingerprint density at radius 1 is 1.05 bits per heavy atom. The van der Waals surface area contributed by atoms with Gasteiger partial charge in [0.15, 0.2) is 0 Å².